The molecule has 2 nitrogen and oxygen atoms in total. The van der Waals surface area contributed by atoms with Gasteiger partial charge in [0.05, 0.1) is 6.10 Å². The van der Waals surface area contributed by atoms with Crippen molar-refractivity contribution in [3.63, 3.8) is 0 Å². The van der Waals surface area contributed by atoms with E-state index in [-0.39, 0.29) is 11.5 Å². The summed E-state index contributed by atoms with van der Waals surface area (Å²) in [5.74, 6) is 0.872. The fraction of sp³-hybridized carbons (Fsp3) is 0.600. The van der Waals surface area contributed by atoms with Gasteiger partial charge in [-0.1, -0.05) is 38.5 Å². The third-order valence-electron chi connectivity index (χ3n) is 2.94. The standard InChI is InChI=1S/C15H24O2/c1-10-7-8-14(17-12(3)11(2)16)13(9-10)15(4,5)6/h7-9,11-12,16H,1-6H3. The molecule has 1 N–H and O–H groups in total. The number of aryl methyl sites for hydroxylation is 1. The predicted octanol–water partition coefficient (Wildman–Crippen LogP) is 3.44. The van der Waals surface area contributed by atoms with Gasteiger partial charge in [-0.05, 0) is 37.8 Å². The van der Waals surface area contributed by atoms with Gasteiger partial charge in [0.1, 0.15) is 11.9 Å². The van der Waals surface area contributed by atoms with E-state index in [1.807, 2.05) is 19.1 Å². The van der Waals surface area contributed by atoms with Crippen molar-refractivity contribution < 1.29 is 9.84 Å². The van der Waals surface area contributed by atoms with Crippen LogP contribution in [0.4, 0.5) is 0 Å². The van der Waals surface area contributed by atoms with Crippen molar-refractivity contribution in [3.8, 4) is 5.75 Å². The molecule has 2 unspecified atom stereocenters. The Kier molecular flexibility index (Phi) is 4.21. The van der Waals surface area contributed by atoms with Crippen LogP contribution in [0.2, 0.25) is 0 Å². The van der Waals surface area contributed by atoms with Crippen molar-refractivity contribution in [3.05, 3.63) is 29.3 Å². The second-order valence-electron chi connectivity index (χ2n) is 5.81. The summed E-state index contributed by atoms with van der Waals surface area (Å²) in [7, 11) is 0. The number of rotatable bonds is 3. The summed E-state index contributed by atoms with van der Waals surface area (Å²) in [5.41, 5.74) is 2.46. The van der Waals surface area contributed by atoms with Gasteiger partial charge in [-0.15, -0.1) is 0 Å². The topological polar surface area (TPSA) is 29.5 Å². The molecule has 96 valence electrons. The third-order valence-corrected chi connectivity index (χ3v) is 2.94. The molecule has 0 spiro atoms. The van der Waals surface area contributed by atoms with Gasteiger partial charge in [0.2, 0.25) is 0 Å². The van der Waals surface area contributed by atoms with Crippen molar-refractivity contribution in [2.45, 2.75) is 59.2 Å². The molecule has 0 bridgehead atoms. The first kappa shape index (κ1) is 14.0. The molecule has 0 aromatic heterocycles. The number of hydrogen-bond donors (Lipinski definition) is 1. The predicted molar refractivity (Wildman–Crippen MR) is 71.6 cm³/mol. The zero-order valence-corrected chi connectivity index (χ0v) is 11.7. The minimum atomic E-state index is -0.468. The molecule has 0 fully saturated rings. The molecule has 0 aliphatic heterocycles. The zero-order chi connectivity index (χ0) is 13.2. The first-order chi connectivity index (χ1) is 7.71. The Morgan fingerprint density at radius 2 is 1.76 bits per heavy atom. The van der Waals surface area contributed by atoms with Gasteiger partial charge < -0.3 is 9.84 Å². The van der Waals surface area contributed by atoms with Crippen LogP contribution in [-0.2, 0) is 5.41 Å². The van der Waals surface area contributed by atoms with Gasteiger partial charge in [0.15, 0.2) is 0 Å². The molecular formula is C15H24O2. The lowest BCUT2D eigenvalue weighted by atomic mass is 9.85. The van der Waals surface area contributed by atoms with Crippen LogP contribution in [0, 0.1) is 6.92 Å². The van der Waals surface area contributed by atoms with Gasteiger partial charge in [0.25, 0.3) is 0 Å². The number of ether oxygens (including phenoxy) is 1. The van der Waals surface area contributed by atoms with Crippen LogP contribution in [-0.4, -0.2) is 17.3 Å². The van der Waals surface area contributed by atoms with E-state index >= 15 is 0 Å². The van der Waals surface area contributed by atoms with E-state index in [1.165, 1.54) is 11.1 Å². The van der Waals surface area contributed by atoms with E-state index in [0.29, 0.717) is 0 Å². The van der Waals surface area contributed by atoms with E-state index in [9.17, 15) is 5.11 Å². The highest BCUT2D eigenvalue weighted by Crippen LogP contribution is 2.32. The van der Waals surface area contributed by atoms with Crippen LogP contribution in [0.1, 0.15) is 45.7 Å². The highest BCUT2D eigenvalue weighted by molar-refractivity contribution is 5.41. The Balaban J connectivity index is 3.07. The molecule has 1 aromatic rings. The molecule has 0 aliphatic rings. The zero-order valence-electron chi connectivity index (χ0n) is 11.7. The van der Waals surface area contributed by atoms with Crippen molar-refractivity contribution >= 4 is 0 Å². The second-order valence-corrected chi connectivity index (χ2v) is 5.81. The van der Waals surface area contributed by atoms with Crippen LogP contribution in [0.3, 0.4) is 0 Å². The molecule has 0 aliphatic carbocycles. The molecule has 1 aromatic carbocycles. The quantitative estimate of drug-likeness (QED) is 0.871. The number of benzene rings is 1. The second kappa shape index (κ2) is 5.09. The maximum Gasteiger partial charge on any atom is 0.123 e. The van der Waals surface area contributed by atoms with Gasteiger partial charge in [-0.25, -0.2) is 0 Å². The lowest BCUT2D eigenvalue weighted by Gasteiger charge is -2.26. The first-order valence-corrected chi connectivity index (χ1v) is 6.17. The van der Waals surface area contributed by atoms with E-state index < -0.39 is 6.10 Å². The number of aliphatic hydroxyl groups excluding tert-OH is 1. The Labute approximate surface area is 105 Å². The molecule has 0 amide bonds. The third kappa shape index (κ3) is 3.74. The first-order valence-electron chi connectivity index (χ1n) is 6.17. The van der Waals surface area contributed by atoms with E-state index in [4.69, 9.17) is 4.74 Å². The fourth-order valence-corrected chi connectivity index (χ4v) is 1.63. The highest BCUT2D eigenvalue weighted by atomic mass is 16.5. The van der Waals surface area contributed by atoms with Gasteiger partial charge in [-0.2, -0.15) is 0 Å². The maximum atomic E-state index is 9.51. The molecule has 17 heavy (non-hydrogen) atoms. The van der Waals surface area contributed by atoms with E-state index in [1.54, 1.807) is 6.92 Å². The Bertz CT molecular complexity index is 375. The maximum absolute atomic E-state index is 9.51. The summed E-state index contributed by atoms with van der Waals surface area (Å²) in [6, 6.07) is 6.19. The summed E-state index contributed by atoms with van der Waals surface area (Å²) >= 11 is 0. The van der Waals surface area contributed by atoms with Gasteiger partial charge in [-0.3, -0.25) is 0 Å². The smallest absolute Gasteiger partial charge is 0.123 e. The minimum absolute atomic E-state index is 0.0414. The van der Waals surface area contributed by atoms with E-state index in [2.05, 4.69) is 33.8 Å². The molecule has 0 radical (unpaired) electrons. The number of hydrogen-bond acceptors (Lipinski definition) is 2. The summed E-state index contributed by atoms with van der Waals surface area (Å²) < 4.78 is 5.84. The summed E-state index contributed by atoms with van der Waals surface area (Å²) in [5, 5.41) is 9.51. The molecule has 2 atom stereocenters. The van der Waals surface area contributed by atoms with Crippen molar-refractivity contribution in [2.24, 2.45) is 0 Å². The number of aliphatic hydroxyl groups is 1. The van der Waals surface area contributed by atoms with E-state index in [0.717, 1.165) is 5.75 Å². The molecule has 1 rings (SSSR count). The van der Waals surface area contributed by atoms with Crippen LogP contribution in [0.25, 0.3) is 0 Å². The lowest BCUT2D eigenvalue weighted by molar-refractivity contribution is 0.0592. The van der Waals surface area contributed by atoms with Crippen LogP contribution >= 0.6 is 0 Å². The van der Waals surface area contributed by atoms with Crippen LogP contribution in [0.15, 0.2) is 18.2 Å². The van der Waals surface area contributed by atoms with Crippen LogP contribution < -0.4 is 4.74 Å². The van der Waals surface area contributed by atoms with Gasteiger partial charge in [0, 0.05) is 0 Å². The summed E-state index contributed by atoms with van der Waals surface area (Å²) in [4.78, 5) is 0. The van der Waals surface area contributed by atoms with Gasteiger partial charge >= 0.3 is 0 Å². The molecule has 0 heterocycles. The average molecular weight is 236 g/mol. The molecule has 0 saturated carbocycles. The normalized spacial score (nSPS) is 15.5. The van der Waals surface area contributed by atoms with Crippen molar-refractivity contribution in [2.75, 3.05) is 0 Å². The Morgan fingerprint density at radius 1 is 1.18 bits per heavy atom. The van der Waals surface area contributed by atoms with Crippen molar-refractivity contribution in [1.82, 2.24) is 0 Å². The van der Waals surface area contributed by atoms with Crippen molar-refractivity contribution in [1.29, 1.82) is 0 Å². The molecule has 0 saturated heterocycles. The SMILES string of the molecule is Cc1ccc(OC(C)C(C)O)c(C(C)(C)C)c1. The minimum Gasteiger partial charge on any atom is -0.488 e. The van der Waals surface area contributed by atoms with Crippen LogP contribution in [0.5, 0.6) is 5.75 Å². The monoisotopic (exact) mass is 236 g/mol. The Hall–Kier alpha value is -1.02. The average Bonchev–Trinajstić information content (AvgIpc) is 2.18. The Morgan fingerprint density at radius 3 is 2.24 bits per heavy atom. The fourth-order valence-electron chi connectivity index (χ4n) is 1.63. The molecule has 2 heteroatoms. The lowest BCUT2D eigenvalue weighted by Crippen LogP contribution is -2.27. The highest BCUT2D eigenvalue weighted by Gasteiger charge is 2.21. The summed E-state index contributed by atoms with van der Waals surface area (Å²) in [6.45, 7) is 12.2. The largest absolute Gasteiger partial charge is 0.488 e. The molecular weight excluding hydrogens is 212 g/mol. The summed E-state index contributed by atoms with van der Waals surface area (Å²) in [6.07, 6.45) is -0.664.